The average Bonchev–Trinajstić information content (AvgIpc) is 2.92. The molecule has 3 heterocycles. The van der Waals surface area contributed by atoms with Crippen LogP contribution in [0.3, 0.4) is 0 Å². The van der Waals surface area contributed by atoms with Crippen LogP contribution in [0.25, 0.3) is 0 Å². The molecular formula is C34H66O8Si3. The van der Waals surface area contributed by atoms with Gasteiger partial charge in [0.1, 0.15) is 17.8 Å². The highest BCUT2D eigenvalue weighted by atomic mass is 28.4. The molecule has 45 heavy (non-hydrogen) atoms. The maximum absolute atomic E-state index is 11.6. The third kappa shape index (κ3) is 9.00. The molecule has 0 unspecified atom stereocenters. The summed E-state index contributed by atoms with van der Waals surface area (Å²) in [4.78, 5) is 11.6. The van der Waals surface area contributed by atoms with Crippen LogP contribution in [0.2, 0.25) is 55.9 Å². The molecule has 0 bridgehead atoms. The molecule has 8 atom stereocenters. The topological polar surface area (TPSA) is 92.7 Å². The Morgan fingerprint density at radius 2 is 1.47 bits per heavy atom. The number of fused-ring (bicyclic) bond motifs is 2. The average molecular weight is 687 g/mol. The monoisotopic (exact) mass is 686 g/mol. The zero-order chi connectivity index (χ0) is 34.7. The van der Waals surface area contributed by atoms with E-state index >= 15 is 0 Å². The lowest BCUT2D eigenvalue weighted by molar-refractivity contribution is -0.304. The van der Waals surface area contributed by atoms with E-state index in [-0.39, 0.29) is 47.0 Å². The smallest absolute Gasteiger partial charge is 0.303 e. The van der Waals surface area contributed by atoms with Gasteiger partial charge in [-0.1, -0.05) is 53.7 Å². The molecule has 0 amide bonds. The van der Waals surface area contributed by atoms with Crippen molar-refractivity contribution in [1.29, 1.82) is 0 Å². The highest BCUT2D eigenvalue weighted by Crippen LogP contribution is 2.50. The maximum Gasteiger partial charge on any atom is 0.303 e. The van der Waals surface area contributed by atoms with Crippen LogP contribution < -0.4 is 0 Å². The molecule has 3 aliphatic rings. The summed E-state index contributed by atoms with van der Waals surface area (Å²) in [6.45, 7) is 35.9. The van der Waals surface area contributed by atoms with Gasteiger partial charge in [0, 0.05) is 19.3 Å². The van der Waals surface area contributed by atoms with Crippen LogP contribution in [0.4, 0.5) is 0 Å². The van der Waals surface area contributed by atoms with E-state index in [0.29, 0.717) is 25.9 Å². The lowest BCUT2D eigenvalue weighted by Crippen LogP contribution is -2.67. The summed E-state index contributed by atoms with van der Waals surface area (Å²) in [5.74, 6) is -0.829. The highest BCUT2D eigenvalue weighted by molar-refractivity contribution is 6.74. The van der Waals surface area contributed by atoms with Gasteiger partial charge < -0.3 is 32.6 Å². The fourth-order valence-electron chi connectivity index (χ4n) is 6.54. The molecule has 11 heteroatoms. The lowest BCUT2D eigenvalue weighted by atomic mass is 9.74. The molecule has 1 N–H and O–H groups in total. The van der Waals surface area contributed by atoms with Crippen molar-refractivity contribution in [3.8, 4) is 0 Å². The van der Waals surface area contributed by atoms with Gasteiger partial charge >= 0.3 is 5.97 Å². The van der Waals surface area contributed by atoms with Crippen LogP contribution in [0.15, 0.2) is 12.2 Å². The van der Waals surface area contributed by atoms with E-state index in [1.807, 2.05) is 0 Å². The van der Waals surface area contributed by atoms with Crippen molar-refractivity contribution in [2.75, 3.05) is 6.61 Å². The summed E-state index contributed by atoms with van der Waals surface area (Å²) in [6, 6.07) is 0. The SMILES string of the molecule is CC(C)(C)[Si](C)(C)OC[C@H]1O[C@H]2C[C@H]3O[C@@H](CCC(=O)O)[C@](C)(O[Si](C)(C)C)C[C@]3(C)O[C@@H]2C=C[C@]1(C)O[Si](C)(C)C(C)(C)C. The predicted octanol–water partition coefficient (Wildman–Crippen LogP) is 8.29. The van der Waals surface area contributed by atoms with E-state index in [9.17, 15) is 9.90 Å². The normalized spacial score (nSPS) is 36.7. The van der Waals surface area contributed by atoms with Crippen molar-refractivity contribution in [3.05, 3.63) is 12.2 Å². The van der Waals surface area contributed by atoms with Crippen LogP contribution in [0.5, 0.6) is 0 Å². The number of aliphatic carboxylic acids is 1. The molecule has 0 aromatic heterocycles. The van der Waals surface area contributed by atoms with Crippen molar-refractivity contribution >= 4 is 30.9 Å². The molecule has 0 aromatic rings. The summed E-state index contributed by atoms with van der Waals surface area (Å²) >= 11 is 0. The van der Waals surface area contributed by atoms with Gasteiger partial charge in [0.2, 0.25) is 0 Å². The standard InChI is InChI=1S/C34H66O8Si3/c1-30(2,3)44(13,14)37-22-28-32(7,42-45(15,16)31(4,5)6)20-19-24-25(38-28)21-27-33(8,40-24)23-34(9,41-43(10,11)12)26(39-27)17-18-29(35)36/h19-20,24-28H,17-18,21-23H2,1-16H3,(H,35,36)/t24-,25+,26+,27-,28-,32+,33+,34-/m1/s1. The summed E-state index contributed by atoms with van der Waals surface area (Å²) in [5, 5.41) is 9.61. The Morgan fingerprint density at radius 1 is 0.889 bits per heavy atom. The second-order valence-electron chi connectivity index (χ2n) is 18.5. The van der Waals surface area contributed by atoms with Gasteiger partial charge in [-0.25, -0.2) is 0 Å². The van der Waals surface area contributed by atoms with Crippen LogP contribution in [-0.4, -0.2) is 90.0 Å². The van der Waals surface area contributed by atoms with Gasteiger partial charge in [0.15, 0.2) is 25.0 Å². The molecule has 3 rings (SSSR count). The van der Waals surface area contributed by atoms with E-state index in [1.54, 1.807) is 0 Å². The molecule has 2 saturated heterocycles. The number of carboxylic acids is 1. The second kappa shape index (κ2) is 12.8. The van der Waals surface area contributed by atoms with Gasteiger partial charge in [-0.15, -0.1) is 0 Å². The van der Waals surface area contributed by atoms with Crippen LogP contribution in [-0.2, 0) is 32.3 Å². The zero-order valence-corrected chi connectivity index (χ0v) is 34.4. The third-order valence-electron chi connectivity index (χ3n) is 11.0. The Morgan fingerprint density at radius 3 is 1.98 bits per heavy atom. The fourth-order valence-corrected chi connectivity index (χ4v) is 10.7. The highest BCUT2D eigenvalue weighted by Gasteiger charge is 2.59. The van der Waals surface area contributed by atoms with E-state index in [1.165, 1.54) is 0 Å². The first kappa shape index (κ1) is 39.1. The number of hydrogen-bond donors (Lipinski definition) is 1. The number of ether oxygens (including phenoxy) is 3. The minimum atomic E-state index is -2.21. The first-order valence-electron chi connectivity index (χ1n) is 17.0. The van der Waals surface area contributed by atoms with Crippen LogP contribution >= 0.6 is 0 Å². The quantitative estimate of drug-likeness (QED) is 0.181. The van der Waals surface area contributed by atoms with Crippen molar-refractivity contribution in [2.24, 2.45) is 0 Å². The van der Waals surface area contributed by atoms with Gasteiger partial charge in [-0.05, 0) is 83.1 Å². The molecule has 0 spiro atoms. The molecule has 2 fully saturated rings. The number of carbonyl (C=O) groups is 1. The van der Waals surface area contributed by atoms with Gasteiger partial charge in [-0.3, -0.25) is 4.79 Å². The minimum Gasteiger partial charge on any atom is -0.481 e. The largest absolute Gasteiger partial charge is 0.481 e. The maximum atomic E-state index is 11.6. The second-order valence-corrected chi connectivity index (χ2v) is 32.5. The van der Waals surface area contributed by atoms with E-state index in [2.05, 4.69) is 120 Å². The molecule has 262 valence electrons. The summed E-state index contributed by atoms with van der Waals surface area (Å²) in [7, 11) is -6.28. The Hall–Kier alpha value is -0.379. The third-order valence-corrected chi connectivity index (χ3v) is 21.2. The first-order chi connectivity index (χ1) is 20.0. The Kier molecular flexibility index (Phi) is 11.1. The first-order valence-corrected chi connectivity index (χ1v) is 26.2. The number of carboxylic acid groups (broad SMARTS) is 1. The molecule has 0 aliphatic carbocycles. The number of rotatable bonds is 10. The predicted molar refractivity (Wildman–Crippen MR) is 189 cm³/mol. The van der Waals surface area contributed by atoms with Gasteiger partial charge in [0.25, 0.3) is 0 Å². The summed E-state index contributed by atoms with van der Waals surface area (Å²) in [5.41, 5.74) is -2.00. The van der Waals surface area contributed by atoms with E-state index < -0.39 is 47.7 Å². The molecule has 0 radical (unpaired) electrons. The van der Waals surface area contributed by atoms with E-state index in [4.69, 9.17) is 27.5 Å². The van der Waals surface area contributed by atoms with E-state index in [0.717, 1.165) is 0 Å². The van der Waals surface area contributed by atoms with Crippen LogP contribution in [0, 0.1) is 0 Å². The van der Waals surface area contributed by atoms with Crippen LogP contribution in [0.1, 0.15) is 88.0 Å². The van der Waals surface area contributed by atoms with Crippen molar-refractivity contribution in [1.82, 2.24) is 0 Å². The van der Waals surface area contributed by atoms with Gasteiger partial charge in [-0.2, -0.15) is 0 Å². The molecule has 0 saturated carbocycles. The minimum absolute atomic E-state index is 0.0201. The van der Waals surface area contributed by atoms with Gasteiger partial charge in [0.05, 0.1) is 36.1 Å². The Bertz CT molecular complexity index is 1090. The molecule has 8 nitrogen and oxygen atoms in total. The van der Waals surface area contributed by atoms with Crippen molar-refractivity contribution in [3.63, 3.8) is 0 Å². The Balaban J connectivity index is 1.98. The fraction of sp³-hybridized carbons (Fsp3) is 0.912. The lowest BCUT2D eigenvalue weighted by Gasteiger charge is -2.58. The van der Waals surface area contributed by atoms with Crippen molar-refractivity contribution in [2.45, 2.75) is 191 Å². The zero-order valence-electron chi connectivity index (χ0n) is 31.4. The van der Waals surface area contributed by atoms with Crippen molar-refractivity contribution < 1.29 is 37.4 Å². The molecule has 0 aromatic carbocycles. The Labute approximate surface area is 277 Å². The summed E-state index contributed by atoms with van der Waals surface area (Å²) < 4.78 is 41.7. The molecular weight excluding hydrogens is 621 g/mol. The molecule has 3 aliphatic heterocycles. The summed E-state index contributed by atoms with van der Waals surface area (Å²) in [6.07, 6.45) is 4.48. The number of hydrogen-bond acceptors (Lipinski definition) is 7.